The first kappa shape index (κ1) is 15.9. The number of aromatic nitrogens is 2. The molecule has 1 N–H and O–H groups in total. The van der Waals surface area contributed by atoms with Crippen molar-refractivity contribution in [2.24, 2.45) is 0 Å². The van der Waals surface area contributed by atoms with Gasteiger partial charge in [0.1, 0.15) is 12.4 Å². The van der Waals surface area contributed by atoms with Gasteiger partial charge < -0.3 is 9.88 Å². The number of para-hydroxylation sites is 1. The summed E-state index contributed by atoms with van der Waals surface area (Å²) in [6, 6.07) is 9.38. The molecule has 3 rings (SSSR count). The summed E-state index contributed by atoms with van der Waals surface area (Å²) in [6.45, 7) is 1.96. The Labute approximate surface area is 137 Å². The topological polar surface area (TPSA) is 64.0 Å². The van der Waals surface area contributed by atoms with Gasteiger partial charge in [-0.15, -0.1) is 0 Å². The van der Waals surface area contributed by atoms with E-state index in [4.69, 9.17) is 0 Å². The van der Waals surface area contributed by atoms with Crippen molar-refractivity contribution < 1.29 is 9.18 Å². The second-order valence-electron chi connectivity index (χ2n) is 5.51. The van der Waals surface area contributed by atoms with E-state index in [9.17, 15) is 14.0 Å². The number of aryl methyl sites for hydroxylation is 1. The molecule has 24 heavy (non-hydrogen) atoms. The molecule has 0 spiro atoms. The Balaban J connectivity index is 1.87. The molecular weight excluding hydrogens is 309 g/mol. The second-order valence-corrected chi connectivity index (χ2v) is 5.51. The molecule has 0 bridgehead atoms. The van der Waals surface area contributed by atoms with Crippen LogP contribution in [0.3, 0.4) is 0 Å². The Hall–Kier alpha value is -3.02. The summed E-state index contributed by atoms with van der Waals surface area (Å²) in [5.41, 5.74) is 1.31. The summed E-state index contributed by atoms with van der Waals surface area (Å²) in [4.78, 5) is 28.2. The van der Waals surface area contributed by atoms with Gasteiger partial charge in [0.2, 0.25) is 5.91 Å². The minimum Gasteiger partial charge on any atom is -0.350 e. The van der Waals surface area contributed by atoms with E-state index in [1.165, 1.54) is 22.8 Å². The van der Waals surface area contributed by atoms with Gasteiger partial charge in [-0.2, -0.15) is 0 Å². The highest BCUT2D eigenvalue weighted by molar-refractivity contribution is 5.83. The van der Waals surface area contributed by atoms with Crippen molar-refractivity contribution in [1.29, 1.82) is 0 Å². The van der Waals surface area contributed by atoms with Crippen molar-refractivity contribution in [3.05, 3.63) is 76.1 Å². The third-order valence-corrected chi connectivity index (χ3v) is 3.80. The van der Waals surface area contributed by atoms with Crippen LogP contribution in [0.25, 0.3) is 10.9 Å². The normalized spacial score (nSPS) is 10.8. The average Bonchev–Trinajstić information content (AvgIpc) is 2.58. The molecule has 122 valence electrons. The van der Waals surface area contributed by atoms with Crippen molar-refractivity contribution in [3.63, 3.8) is 0 Å². The Bertz CT molecular complexity index is 952. The van der Waals surface area contributed by atoms with E-state index in [1.807, 2.05) is 6.07 Å². The molecule has 0 aliphatic rings. The number of nitrogens with one attached hydrogen (secondary N) is 1. The smallest absolute Gasteiger partial charge is 0.240 e. The predicted molar refractivity (Wildman–Crippen MR) is 89.0 cm³/mol. The largest absolute Gasteiger partial charge is 0.350 e. The van der Waals surface area contributed by atoms with E-state index in [0.29, 0.717) is 12.2 Å². The van der Waals surface area contributed by atoms with Crippen molar-refractivity contribution in [3.8, 4) is 0 Å². The average molecular weight is 325 g/mol. The molecule has 0 atom stereocenters. The zero-order valence-electron chi connectivity index (χ0n) is 13.1. The van der Waals surface area contributed by atoms with Gasteiger partial charge in [0.25, 0.3) is 0 Å². The fourth-order valence-electron chi connectivity index (χ4n) is 2.62. The Morgan fingerprint density at radius 2 is 2.12 bits per heavy atom. The SMILES string of the molecule is Cc1cc(=O)c2cccc(F)c2n1CC(=O)NCc1cccnc1. The van der Waals surface area contributed by atoms with Gasteiger partial charge in [0.15, 0.2) is 5.43 Å². The second kappa shape index (κ2) is 6.62. The number of carbonyl (C=O) groups excluding carboxylic acids is 1. The lowest BCUT2D eigenvalue weighted by Gasteiger charge is -2.15. The van der Waals surface area contributed by atoms with Crippen LogP contribution in [0.5, 0.6) is 0 Å². The zero-order chi connectivity index (χ0) is 17.1. The summed E-state index contributed by atoms with van der Waals surface area (Å²) in [7, 11) is 0. The first-order valence-electron chi connectivity index (χ1n) is 7.50. The first-order chi connectivity index (χ1) is 11.6. The van der Waals surface area contributed by atoms with Crippen LogP contribution < -0.4 is 10.7 Å². The molecule has 0 radical (unpaired) electrons. The monoisotopic (exact) mass is 325 g/mol. The molecule has 0 saturated heterocycles. The van der Waals surface area contributed by atoms with Crippen molar-refractivity contribution in [2.45, 2.75) is 20.0 Å². The van der Waals surface area contributed by atoms with Gasteiger partial charge in [-0.3, -0.25) is 14.6 Å². The summed E-state index contributed by atoms with van der Waals surface area (Å²) < 4.78 is 15.7. The molecule has 2 aromatic heterocycles. The van der Waals surface area contributed by atoms with E-state index >= 15 is 0 Å². The van der Waals surface area contributed by atoms with Gasteiger partial charge in [-0.05, 0) is 30.7 Å². The third-order valence-electron chi connectivity index (χ3n) is 3.80. The van der Waals surface area contributed by atoms with Gasteiger partial charge in [0, 0.05) is 36.1 Å². The lowest BCUT2D eigenvalue weighted by atomic mass is 10.1. The molecular formula is C18H16FN3O2. The van der Waals surface area contributed by atoms with E-state index in [0.717, 1.165) is 5.56 Å². The van der Waals surface area contributed by atoms with Crippen LogP contribution in [0.15, 0.2) is 53.6 Å². The highest BCUT2D eigenvalue weighted by Gasteiger charge is 2.13. The first-order valence-corrected chi connectivity index (χ1v) is 7.50. The minimum absolute atomic E-state index is 0.0657. The molecule has 1 amide bonds. The van der Waals surface area contributed by atoms with Crippen LogP contribution in [-0.4, -0.2) is 15.5 Å². The highest BCUT2D eigenvalue weighted by Crippen LogP contribution is 2.16. The molecule has 0 unspecified atom stereocenters. The summed E-state index contributed by atoms with van der Waals surface area (Å²) in [6.07, 6.45) is 3.32. The Kier molecular flexibility index (Phi) is 4.37. The Morgan fingerprint density at radius 1 is 1.29 bits per heavy atom. The molecule has 0 saturated carbocycles. The van der Waals surface area contributed by atoms with E-state index < -0.39 is 5.82 Å². The van der Waals surface area contributed by atoms with Gasteiger partial charge in [0.05, 0.1) is 5.52 Å². The molecule has 2 heterocycles. The molecule has 5 nitrogen and oxygen atoms in total. The molecule has 1 aromatic carbocycles. The van der Waals surface area contributed by atoms with Gasteiger partial charge in [-0.25, -0.2) is 4.39 Å². The van der Waals surface area contributed by atoms with Gasteiger partial charge in [-0.1, -0.05) is 12.1 Å². The fraction of sp³-hybridized carbons (Fsp3) is 0.167. The van der Waals surface area contributed by atoms with Crippen LogP contribution in [0, 0.1) is 12.7 Å². The lowest BCUT2D eigenvalue weighted by Crippen LogP contribution is -2.29. The summed E-state index contributed by atoms with van der Waals surface area (Å²) in [5.74, 6) is -0.788. The van der Waals surface area contributed by atoms with Crippen LogP contribution in [0.4, 0.5) is 4.39 Å². The van der Waals surface area contributed by atoms with Crippen LogP contribution in [-0.2, 0) is 17.9 Å². The molecule has 0 aliphatic heterocycles. The maximum absolute atomic E-state index is 14.2. The number of benzene rings is 1. The molecule has 3 aromatic rings. The molecule has 0 aliphatic carbocycles. The van der Waals surface area contributed by atoms with Crippen molar-refractivity contribution in [2.75, 3.05) is 0 Å². The minimum atomic E-state index is -0.520. The van der Waals surface area contributed by atoms with Crippen LogP contribution in [0.2, 0.25) is 0 Å². The van der Waals surface area contributed by atoms with E-state index in [1.54, 1.807) is 31.5 Å². The zero-order valence-corrected chi connectivity index (χ0v) is 13.1. The lowest BCUT2D eigenvalue weighted by molar-refractivity contribution is -0.121. The molecule has 6 heteroatoms. The number of hydrogen-bond acceptors (Lipinski definition) is 3. The number of nitrogens with zero attached hydrogens (tertiary/aromatic N) is 2. The highest BCUT2D eigenvalue weighted by atomic mass is 19.1. The van der Waals surface area contributed by atoms with E-state index in [-0.39, 0.29) is 28.8 Å². The maximum Gasteiger partial charge on any atom is 0.240 e. The number of amides is 1. The number of rotatable bonds is 4. The predicted octanol–water partition coefficient (Wildman–Crippen LogP) is 2.16. The number of hydrogen-bond donors (Lipinski definition) is 1. The van der Waals surface area contributed by atoms with Crippen molar-refractivity contribution in [1.82, 2.24) is 14.9 Å². The third kappa shape index (κ3) is 3.17. The fourth-order valence-corrected chi connectivity index (χ4v) is 2.62. The number of pyridine rings is 2. The molecule has 0 fully saturated rings. The Morgan fingerprint density at radius 3 is 2.88 bits per heavy atom. The number of fused-ring (bicyclic) bond motifs is 1. The van der Waals surface area contributed by atoms with Gasteiger partial charge >= 0.3 is 0 Å². The van der Waals surface area contributed by atoms with Crippen molar-refractivity contribution >= 4 is 16.8 Å². The standard InChI is InChI=1S/C18H16FN3O2/c1-12-8-16(23)14-5-2-6-15(19)18(14)22(12)11-17(24)21-10-13-4-3-7-20-9-13/h2-9H,10-11H2,1H3,(H,21,24). The summed E-state index contributed by atoms with van der Waals surface area (Å²) in [5, 5.41) is 3.04. The number of halogens is 1. The number of carbonyl (C=O) groups is 1. The van der Waals surface area contributed by atoms with Crippen LogP contribution >= 0.6 is 0 Å². The maximum atomic E-state index is 14.2. The summed E-state index contributed by atoms with van der Waals surface area (Å²) >= 11 is 0. The quantitative estimate of drug-likeness (QED) is 0.799. The van der Waals surface area contributed by atoms with E-state index in [2.05, 4.69) is 10.3 Å². The van der Waals surface area contributed by atoms with Crippen LogP contribution in [0.1, 0.15) is 11.3 Å².